The molecule has 0 fully saturated rings. The second-order valence-electron chi connectivity index (χ2n) is 6.78. The Labute approximate surface area is 169 Å². The van der Waals surface area contributed by atoms with Crippen LogP contribution in [0.1, 0.15) is 26.3 Å². The van der Waals surface area contributed by atoms with Crippen LogP contribution in [-0.4, -0.2) is 14.5 Å². The lowest BCUT2D eigenvalue weighted by atomic mass is 10.1. The fraction of sp³-hybridized carbons (Fsp3) is 0.190. The van der Waals surface area contributed by atoms with Gasteiger partial charge in [0.1, 0.15) is 16.0 Å². The summed E-state index contributed by atoms with van der Waals surface area (Å²) in [6.45, 7) is 3.80. The van der Waals surface area contributed by atoms with Gasteiger partial charge in [-0.05, 0) is 25.5 Å². The molecule has 0 bridgehead atoms. The Kier molecular flexibility index (Phi) is 4.71. The van der Waals surface area contributed by atoms with E-state index in [-0.39, 0.29) is 22.5 Å². The van der Waals surface area contributed by atoms with Gasteiger partial charge >= 0.3 is 0 Å². The van der Waals surface area contributed by atoms with Crippen molar-refractivity contribution in [2.45, 2.75) is 26.3 Å². The monoisotopic (exact) mass is 407 g/mol. The zero-order chi connectivity index (χ0) is 20.7. The van der Waals surface area contributed by atoms with Crippen LogP contribution in [0.3, 0.4) is 0 Å². The molecule has 2 aromatic heterocycles. The van der Waals surface area contributed by atoms with Crippen LogP contribution >= 0.6 is 11.3 Å². The highest BCUT2D eigenvalue weighted by atomic mass is 32.1. The second-order valence-corrected chi connectivity index (χ2v) is 7.81. The van der Waals surface area contributed by atoms with Gasteiger partial charge in [-0.2, -0.15) is 0 Å². The first-order chi connectivity index (χ1) is 13.9. The van der Waals surface area contributed by atoms with Crippen molar-refractivity contribution in [3.63, 3.8) is 0 Å². The van der Waals surface area contributed by atoms with Crippen LogP contribution in [-0.2, 0) is 0 Å². The number of nitrogens with zero attached hydrogens (tertiary/aromatic N) is 3. The normalized spacial score (nSPS) is 12.3. The molecular formula is C21H17N3O4S. The number of aromatic nitrogens is 2. The summed E-state index contributed by atoms with van der Waals surface area (Å²) in [5.41, 5.74) is -0.377. The molecule has 8 heteroatoms. The van der Waals surface area contributed by atoms with Crippen molar-refractivity contribution in [1.29, 1.82) is 0 Å². The van der Waals surface area contributed by atoms with Crippen molar-refractivity contribution in [3.05, 3.63) is 79.2 Å². The number of hydrogen-bond acceptors (Lipinski definition) is 6. The highest BCUT2D eigenvalue weighted by molar-refractivity contribution is 7.24. The molecule has 0 aliphatic heterocycles. The Morgan fingerprint density at radius 1 is 1.17 bits per heavy atom. The third-order valence-corrected chi connectivity index (χ3v) is 6.06. The maximum Gasteiger partial charge on any atom is 0.270 e. The maximum atomic E-state index is 13.4. The summed E-state index contributed by atoms with van der Waals surface area (Å²) in [6.07, 6.45) is 0.639. The van der Waals surface area contributed by atoms with Gasteiger partial charge in [-0.25, -0.2) is 4.98 Å². The van der Waals surface area contributed by atoms with E-state index < -0.39 is 10.5 Å². The van der Waals surface area contributed by atoms with Crippen LogP contribution in [0.25, 0.3) is 31.7 Å². The van der Waals surface area contributed by atoms with Gasteiger partial charge in [-0.15, -0.1) is 11.3 Å². The summed E-state index contributed by atoms with van der Waals surface area (Å²) in [7, 11) is 0. The fourth-order valence-corrected chi connectivity index (χ4v) is 4.36. The molecular weight excluding hydrogens is 390 g/mol. The molecule has 0 unspecified atom stereocenters. The zero-order valence-corrected chi connectivity index (χ0v) is 16.6. The van der Waals surface area contributed by atoms with Crippen molar-refractivity contribution in [1.82, 2.24) is 9.55 Å². The molecule has 29 heavy (non-hydrogen) atoms. The first-order valence-electron chi connectivity index (χ1n) is 9.15. The van der Waals surface area contributed by atoms with Crippen LogP contribution in [0.4, 0.5) is 5.69 Å². The van der Waals surface area contributed by atoms with E-state index in [9.17, 15) is 19.7 Å². The van der Waals surface area contributed by atoms with E-state index in [1.807, 2.05) is 26.0 Å². The molecule has 0 aliphatic carbocycles. The Morgan fingerprint density at radius 3 is 2.66 bits per heavy atom. The molecule has 4 rings (SSSR count). The summed E-state index contributed by atoms with van der Waals surface area (Å²) in [5, 5.41) is 11.8. The standard InChI is InChI=1S/C21H17N3O4S/c1-3-12(2)23-19(13-7-6-8-14(11-13)24(27)28)22-20-17(21(23)26)18(25)15-9-4-5-10-16(15)29-20/h4-12H,3H2,1-2H3/t12-/m0/s1. The highest BCUT2D eigenvalue weighted by Gasteiger charge is 2.21. The topological polar surface area (TPSA) is 95.1 Å². The molecule has 0 saturated heterocycles. The minimum absolute atomic E-state index is 0.0585. The summed E-state index contributed by atoms with van der Waals surface area (Å²) in [4.78, 5) is 42.1. The Balaban J connectivity index is 2.15. The average molecular weight is 407 g/mol. The van der Waals surface area contributed by atoms with Gasteiger partial charge in [0.2, 0.25) is 5.43 Å². The summed E-state index contributed by atoms with van der Waals surface area (Å²) in [5.74, 6) is 0.325. The van der Waals surface area contributed by atoms with Gasteiger partial charge in [-0.3, -0.25) is 24.3 Å². The van der Waals surface area contributed by atoms with Gasteiger partial charge in [0, 0.05) is 33.8 Å². The molecule has 0 radical (unpaired) electrons. The predicted octanol–water partition coefficient (Wildman–Crippen LogP) is 4.52. The molecule has 0 amide bonds. The second kappa shape index (κ2) is 7.21. The van der Waals surface area contributed by atoms with Crippen LogP contribution in [0.5, 0.6) is 0 Å². The van der Waals surface area contributed by atoms with Crippen molar-refractivity contribution >= 4 is 37.3 Å². The van der Waals surface area contributed by atoms with Crippen molar-refractivity contribution in [3.8, 4) is 11.4 Å². The average Bonchev–Trinajstić information content (AvgIpc) is 2.73. The number of hydrogen-bond donors (Lipinski definition) is 0. The number of benzene rings is 2. The first kappa shape index (κ1) is 18.9. The van der Waals surface area contributed by atoms with E-state index in [0.29, 0.717) is 28.0 Å². The molecule has 7 nitrogen and oxygen atoms in total. The van der Waals surface area contributed by atoms with Gasteiger partial charge in [0.05, 0.1) is 4.92 Å². The van der Waals surface area contributed by atoms with Crippen LogP contribution in [0, 0.1) is 10.1 Å². The summed E-state index contributed by atoms with van der Waals surface area (Å²) >= 11 is 1.27. The van der Waals surface area contributed by atoms with Gasteiger partial charge in [-0.1, -0.05) is 31.2 Å². The smallest absolute Gasteiger partial charge is 0.270 e. The van der Waals surface area contributed by atoms with E-state index >= 15 is 0 Å². The lowest BCUT2D eigenvalue weighted by molar-refractivity contribution is -0.384. The van der Waals surface area contributed by atoms with E-state index in [1.54, 1.807) is 24.3 Å². The van der Waals surface area contributed by atoms with E-state index in [4.69, 9.17) is 0 Å². The molecule has 146 valence electrons. The summed E-state index contributed by atoms with van der Waals surface area (Å²) in [6, 6.07) is 12.9. The van der Waals surface area contributed by atoms with Gasteiger partial charge in [0.25, 0.3) is 11.2 Å². The van der Waals surface area contributed by atoms with E-state index in [1.165, 1.54) is 28.0 Å². The first-order valence-corrected chi connectivity index (χ1v) is 9.97. The third kappa shape index (κ3) is 3.11. The molecule has 2 aromatic carbocycles. The molecule has 0 saturated carbocycles. The number of rotatable bonds is 4. The largest absolute Gasteiger partial charge is 0.289 e. The molecule has 1 atom stereocenters. The fourth-order valence-electron chi connectivity index (χ4n) is 3.32. The van der Waals surface area contributed by atoms with Crippen LogP contribution in [0.2, 0.25) is 0 Å². The Hall–Kier alpha value is -3.39. The Morgan fingerprint density at radius 2 is 1.93 bits per heavy atom. The van der Waals surface area contributed by atoms with E-state index in [2.05, 4.69) is 4.98 Å². The number of fused-ring (bicyclic) bond motifs is 2. The van der Waals surface area contributed by atoms with Gasteiger partial charge in [0.15, 0.2) is 0 Å². The molecule has 0 spiro atoms. The number of nitro groups is 1. The molecule has 4 aromatic rings. The predicted molar refractivity (Wildman–Crippen MR) is 115 cm³/mol. The van der Waals surface area contributed by atoms with Crippen molar-refractivity contribution < 1.29 is 4.92 Å². The van der Waals surface area contributed by atoms with Crippen LogP contribution in [0.15, 0.2) is 58.1 Å². The minimum Gasteiger partial charge on any atom is -0.289 e. The SMILES string of the molecule is CC[C@H](C)n1c(-c2cccc([N+](=O)[O-])c2)nc2sc3ccccc3c(=O)c2c1=O. The quantitative estimate of drug-likeness (QED) is 0.282. The summed E-state index contributed by atoms with van der Waals surface area (Å²) < 4.78 is 2.22. The van der Waals surface area contributed by atoms with Crippen LogP contribution < -0.4 is 11.0 Å². The van der Waals surface area contributed by atoms with Gasteiger partial charge < -0.3 is 0 Å². The zero-order valence-electron chi connectivity index (χ0n) is 15.8. The third-order valence-electron chi connectivity index (χ3n) is 4.99. The van der Waals surface area contributed by atoms with Crippen molar-refractivity contribution in [2.24, 2.45) is 0 Å². The van der Waals surface area contributed by atoms with Crippen molar-refractivity contribution in [2.75, 3.05) is 0 Å². The number of nitro benzene ring substituents is 1. The maximum absolute atomic E-state index is 13.4. The van der Waals surface area contributed by atoms with E-state index in [0.717, 1.165) is 4.70 Å². The molecule has 0 N–H and O–H groups in total. The molecule has 2 heterocycles. The molecule has 0 aliphatic rings. The highest BCUT2D eigenvalue weighted by Crippen LogP contribution is 2.28. The number of non-ortho nitro benzene ring substituents is 1. The Bertz CT molecular complexity index is 1390. The lowest BCUT2D eigenvalue weighted by Crippen LogP contribution is -2.29. The lowest BCUT2D eigenvalue weighted by Gasteiger charge is -2.18. The minimum atomic E-state index is -0.484.